The van der Waals surface area contributed by atoms with Crippen molar-refractivity contribution in [1.82, 2.24) is 0 Å². The van der Waals surface area contributed by atoms with Crippen molar-refractivity contribution in [2.75, 3.05) is 6.61 Å². The summed E-state index contributed by atoms with van der Waals surface area (Å²) >= 11 is 0. The number of hydrogen-bond donors (Lipinski definition) is 1. The minimum atomic E-state index is -1.68. The molecular formula is C9H12O6. The van der Waals surface area contributed by atoms with Crippen LogP contribution in [0.2, 0.25) is 0 Å². The molecule has 1 N–H and O–H groups in total. The minimum absolute atomic E-state index is 0.170. The standard InChI is InChI=1S/C9H12O6/c1-9(2)13-3-4(15-9)7-5(10)6(11)8(12)14-7/h4,6-7,11H,3H2,1-2H3/t4-,6?,7+/m0/s1. The molecule has 2 aliphatic rings. The van der Waals surface area contributed by atoms with E-state index in [-0.39, 0.29) is 6.61 Å². The van der Waals surface area contributed by atoms with Crippen molar-refractivity contribution in [3.8, 4) is 0 Å². The number of carbonyl (C=O) groups excluding carboxylic acids is 2. The van der Waals surface area contributed by atoms with Gasteiger partial charge < -0.3 is 19.3 Å². The van der Waals surface area contributed by atoms with Crippen LogP contribution in [0.4, 0.5) is 0 Å². The van der Waals surface area contributed by atoms with Crippen LogP contribution in [0.5, 0.6) is 0 Å². The molecule has 2 fully saturated rings. The Balaban J connectivity index is 2.08. The monoisotopic (exact) mass is 216 g/mol. The SMILES string of the molecule is CC1(C)OC[C@@H]([C@H]2OC(=O)C(O)C2=O)O1. The molecule has 1 unspecified atom stereocenters. The zero-order valence-electron chi connectivity index (χ0n) is 8.43. The molecule has 6 heteroatoms. The van der Waals surface area contributed by atoms with Gasteiger partial charge in [0.05, 0.1) is 6.61 Å². The maximum atomic E-state index is 11.4. The van der Waals surface area contributed by atoms with E-state index in [0.717, 1.165) is 0 Å². The third-order valence-corrected chi connectivity index (χ3v) is 2.38. The van der Waals surface area contributed by atoms with E-state index in [2.05, 4.69) is 0 Å². The lowest BCUT2D eigenvalue weighted by Gasteiger charge is -2.18. The number of rotatable bonds is 1. The van der Waals surface area contributed by atoms with E-state index in [1.807, 2.05) is 0 Å². The Morgan fingerprint density at radius 3 is 2.47 bits per heavy atom. The van der Waals surface area contributed by atoms with Crippen LogP contribution in [0.3, 0.4) is 0 Å². The number of ether oxygens (including phenoxy) is 3. The molecule has 0 aromatic heterocycles. The largest absolute Gasteiger partial charge is 0.449 e. The number of Topliss-reactive ketones (excluding diaryl/α,β-unsaturated/α-hetero) is 1. The van der Waals surface area contributed by atoms with Crippen molar-refractivity contribution in [3.63, 3.8) is 0 Å². The van der Waals surface area contributed by atoms with Crippen molar-refractivity contribution < 1.29 is 28.9 Å². The number of aliphatic hydroxyl groups is 1. The molecule has 3 atom stereocenters. The topological polar surface area (TPSA) is 82.1 Å². The molecule has 84 valence electrons. The second kappa shape index (κ2) is 3.26. The molecule has 0 aromatic carbocycles. The van der Waals surface area contributed by atoms with Gasteiger partial charge in [-0.25, -0.2) is 4.79 Å². The molecule has 0 aliphatic carbocycles. The highest BCUT2D eigenvalue weighted by Crippen LogP contribution is 2.28. The van der Waals surface area contributed by atoms with Crippen molar-refractivity contribution >= 4 is 11.8 Å². The second-order valence-corrected chi connectivity index (χ2v) is 4.03. The molecule has 0 aromatic rings. The molecular weight excluding hydrogens is 204 g/mol. The van der Waals surface area contributed by atoms with Gasteiger partial charge in [-0.1, -0.05) is 0 Å². The maximum absolute atomic E-state index is 11.4. The summed E-state index contributed by atoms with van der Waals surface area (Å²) in [6, 6.07) is 0. The van der Waals surface area contributed by atoms with E-state index in [4.69, 9.17) is 19.3 Å². The highest BCUT2D eigenvalue weighted by atomic mass is 16.8. The van der Waals surface area contributed by atoms with Crippen LogP contribution >= 0.6 is 0 Å². The van der Waals surface area contributed by atoms with Gasteiger partial charge in [0.15, 0.2) is 11.9 Å². The van der Waals surface area contributed by atoms with Crippen molar-refractivity contribution in [3.05, 3.63) is 0 Å². The molecule has 0 saturated carbocycles. The fourth-order valence-electron chi connectivity index (χ4n) is 1.64. The van der Waals surface area contributed by atoms with Crippen LogP contribution in [0.15, 0.2) is 0 Å². The molecule has 0 amide bonds. The van der Waals surface area contributed by atoms with Crippen LogP contribution in [0, 0.1) is 0 Å². The Bertz CT molecular complexity index is 310. The normalized spacial score (nSPS) is 39.5. The first kappa shape index (κ1) is 10.5. The Hall–Kier alpha value is -0.980. The molecule has 0 radical (unpaired) electrons. The lowest BCUT2D eigenvalue weighted by Crippen LogP contribution is -2.37. The predicted octanol–water partition coefficient (Wildman–Crippen LogP) is -1.01. The van der Waals surface area contributed by atoms with Gasteiger partial charge in [0.25, 0.3) is 0 Å². The van der Waals surface area contributed by atoms with Crippen LogP contribution < -0.4 is 0 Å². The van der Waals surface area contributed by atoms with E-state index < -0.39 is 35.9 Å². The average Bonchev–Trinajstić information content (AvgIpc) is 2.62. The fourth-order valence-corrected chi connectivity index (χ4v) is 1.64. The summed E-state index contributed by atoms with van der Waals surface area (Å²) in [5, 5.41) is 9.11. The molecule has 2 rings (SSSR count). The summed E-state index contributed by atoms with van der Waals surface area (Å²) in [4.78, 5) is 22.3. The van der Waals surface area contributed by atoms with Crippen LogP contribution in [-0.2, 0) is 23.8 Å². The molecule has 0 spiro atoms. The highest BCUT2D eigenvalue weighted by Gasteiger charge is 2.50. The van der Waals surface area contributed by atoms with E-state index in [0.29, 0.717) is 0 Å². The molecule has 15 heavy (non-hydrogen) atoms. The van der Waals surface area contributed by atoms with Crippen LogP contribution in [0.1, 0.15) is 13.8 Å². The molecule has 2 saturated heterocycles. The quantitative estimate of drug-likeness (QED) is 0.447. The van der Waals surface area contributed by atoms with Gasteiger partial charge in [-0.15, -0.1) is 0 Å². The summed E-state index contributed by atoms with van der Waals surface area (Å²) in [7, 11) is 0. The van der Waals surface area contributed by atoms with Crippen LogP contribution in [0.25, 0.3) is 0 Å². The zero-order chi connectivity index (χ0) is 11.2. The first-order valence-corrected chi connectivity index (χ1v) is 4.65. The Kier molecular flexibility index (Phi) is 2.29. The number of cyclic esters (lactones) is 1. The van der Waals surface area contributed by atoms with Gasteiger partial charge in [0, 0.05) is 0 Å². The lowest BCUT2D eigenvalue weighted by molar-refractivity contribution is -0.164. The van der Waals surface area contributed by atoms with E-state index in [9.17, 15) is 9.59 Å². The average molecular weight is 216 g/mol. The third-order valence-electron chi connectivity index (χ3n) is 2.38. The summed E-state index contributed by atoms with van der Waals surface area (Å²) in [5.41, 5.74) is 0. The molecule has 6 nitrogen and oxygen atoms in total. The van der Waals surface area contributed by atoms with Crippen molar-refractivity contribution in [2.24, 2.45) is 0 Å². The Morgan fingerprint density at radius 2 is 2.07 bits per heavy atom. The predicted molar refractivity (Wildman–Crippen MR) is 45.8 cm³/mol. The third kappa shape index (κ3) is 1.75. The smallest absolute Gasteiger partial charge is 0.343 e. The van der Waals surface area contributed by atoms with Gasteiger partial charge in [-0.3, -0.25) is 4.79 Å². The van der Waals surface area contributed by atoms with Gasteiger partial charge >= 0.3 is 5.97 Å². The van der Waals surface area contributed by atoms with Crippen molar-refractivity contribution in [2.45, 2.75) is 37.9 Å². The van der Waals surface area contributed by atoms with Gasteiger partial charge in [-0.2, -0.15) is 0 Å². The van der Waals surface area contributed by atoms with Gasteiger partial charge in [-0.05, 0) is 13.8 Å². The van der Waals surface area contributed by atoms with Crippen LogP contribution in [-0.4, -0.2) is 47.6 Å². The summed E-state index contributed by atoms with van der Waals surface area (Å²) in [6.45, 7) is 3.57. The minimum Gasteiger partial charge on any atom is -0.449 e. The maximum Gasteiger partial charge on any atom is 0.343 e. The van der Waals surface area contributed by atoms with Crippen molar-refractivity contribution in [1.29, 1.82) is 0 Å². The van der Waals surface area contributed by atoms with Gasteiger partial charge in [0.2, 0.25) is 11.9 Å². The molecule has 2 heterocycles. The van der Waals surface area contributed by atoms with E-state index in [1.54, 1.807) is 13.8 Å². The number of aliphatic hydroxyl groups excluding tert-OH is 1. The second-order valence-electron chi connectivity index (χ2n) is 4.03. The summed E-state index contributed by atoms with van der Waals surface area (Å²) in [5.74, 6) is -2.37. The fraction of sp³-hybridized carbons (Fsp3) is 0.778. The number of esters is 1. The van der Waals surface area contributed by atoms with Gasteiger partial charge in [0.1, 0.15) is 6.10 Å². The van der Waals surface area contributed by atoms with E-state index in [1.165, 1.54) is 0 Å². The van der Waals surface area contributed by atoms with E-state index >= 15 is 0 Å². The summed E-state index contributed by atoms with van der Waals surface area (Å²) in [6.07, 6.45) is -3.36. The Morgan fingerprint density at radius 1 is 1.40 bits per heavy atom. The lowest BCUT2D eigenvalue weighted by atomic mass is 10.1. The summed E-state index contributed by atoms with van der Waals surface area (Å²) < 4.78 is 15.3. The highest BCUT2D eigenvalue weighted by molar-refractivity contribution is 6.09. The zero-order valence-corrected chi connectivity index (χ0v) is 8.43. The molecule has 0 bridgehead atoms. The first-order chi connectivity index (χ1) is 6.91. The number of hydrogen-bond acceptors (Lipinski definition) is 6. The number of carbonyl (C=O) groups is 2. The number of ketones is 1. The Labute approximate surface area is 86.1 Å². The first-order valence-electron chi connectivity index (χ1n) is 4.65. The molecule has 2 aliphatic heterocycles.